The van der Waals surface area contributed by atoms with Crippen LogP contribution in [0.15, 0.2) is 54.6 Å². The average molecular weight is 229 g/mol. The first-order chi connectivity index (χ1) is 8.38. The van der Waals surface area contributed by atoms with Gasteiger partial charge in [-0.3, -0.25) is 0 Å². The molecule has 2 aromatic rings. The minimum Gasteiger partial charge on any atom is -0.457 e. The molecule has 2 heteroatoms. The maximum atomic E-state index is 5.65. The summed E-state index contributed by atoms with van der Waals surface area (Å²) in [5.41, 5.74) is 1.08. The Morgan fingerprint density at radius 1 is 0.765 bits per heavy atom. The number of nitrogens with one attached hydrogen (secondary N) is 1. The van der Waals surface area contributed by atoms with E-state index in [9.17, 15) is 0 Å². The van der Waals surface area contributed by atoms with Crippen molar-refractivity contribution < 1.29 is 4.74 Å². The molecule has 0 spiro atoms. The number of hydrogen-bond acceptors (Lipinski definition) is 2. The molecule has 1 N–H and O–H groups in total. The van der Waals surface area contributed by atoms with Crippen molar-refractivity contribution in [1.82, 2.24) is 0 Å². The molecule has 0 bridgehead atoms. The molecule has 0 radical (unpaired) electrons. The van der Waals surface area contributed by atoms with E-state index in [-0.39, 0.29) is 0 Å². The largest absolute Gasteiger partial charge is 0.457 e. The molecule has 0 aliphatic carbocycles. The number of benzene rings is 2. The number of rotatable bonds is 3. The zero-order valence-electron chi connectivity index (χ0n) is 10.6. The first kappa shape index (κ1) is 13.1. The van der Waals surface area contributed by atoms with Gasteiger partial charge in [0.15, 0.2) is 0 Å². The van der Waals surface area contributed by atoms with Gasteiger partial charge in [0.05, 0.1) is 0 Å². The monoisotopic (exact) mass is 229 g/mol. The van der Waals surface area contributed by atoms with Gasteiger partial charge < -0.3 is 10.1 Å². The van der Waals surface area contributed by atoms with Crippen LogP contribution in [-0.2, 0) is 0 Å². The highest BCUT2D eigenvalue weighted by atomic mass is 16.5. The summed E-state index contributed by atoms with van der Waals surface area (Å²) in [5.74, 6) is 1.70. The fourth-order valence-electron chi connectivity index (χ4n) is 1.31. The zero-order chi connectivity index (χ0) is 12.5. The van der Waals surface area contributed by atoms with Crippen molar-refractivity contribution in [2.24, 2.45) is 0 Å². The molecule has 0 fully saturated rings. The van der Waals surface area contributed by atoms with E-state index in [0.29, 0.717) is 0 Å². The van der Waals surface area contributed by atoms with Crippen LogP contribution in [0.3, 0.4) is 0 Å². The maximum absolute atomic E-state index is 5.65. The molecule has 90 valence electrons. The Morgan fingerprint density at radius 2 is 1.29 bits per heavy atom. The highest BCUT2D eigenvalue weighted by Gasteiger charge is 1.95. The van der Waals surface area contributed by atoms with E-state index >= 15 is 0 Å². The summed E-state index contributed by atoms with van der Waals surface area (Å²) >= 11 is 0. The van der Waals surface area contributed by atoms with Gasteiger partial charge >= 0.3 is 0 Å². The standard InChI is InChI=1S/C13H13NO.C2H6/c1-14-11-7-9-13(10-8-11)15-12-5-3-2-4-6-12;1-2/h2-10,14H,1H3;1-2H3. The van der Waals surface area contributed by atoms with Crippen LogP contribution in [-0.4, -0.2) is 7.05 Å². The van der Waals surface area contributed by atoms with Crippen molar-refractivity contribution >= 4 is 5.69 Å². The van der Waals surface area contributed by atoms with E-state index in [1.807, 2.05) is 75.5 Å². The second kappa shape index (κ2) is 7.34. The first-order valence-corrected chi connectivity index (χ1v) is 5.89. The third kappa shape index (κ3) is 4.19. The Kier molecular flexibility index (Phi) is 5.66. The Balaban J connectivity index is 0.000000686. The molecule has 0 saturated carbocycles. The molecule has 2 rings (SSSR count). The van der Waals surface area contributed by atoms with E-state index in [1.165, 1.54) is 0 Å². The molecular weight excluding hydrogens is 210 g/mol. The summed E-state index contributed by atoms with van der Waals surface area (Å²) in [7, 11) is 1.90. The second-order valence-electron chi connectivity index (χ2n) is 3.19. The number of hydrogen-bond donors (Lipinski definition) is 1. The minimum absolute atomic E-state index is 0.847. The zero-order valence-corrected chi connectivity index (χ0v) is 10.6. The minimum atomic E-state index is 0.847. The lowest BCUT2D eigenvalue weighted by molar-refractivity contribution is 0.483. The van der Waals surface area contributed by atoms with Crippen molar-refractivity contribution in [3.63, 3.8) is 0 Å². The van der Waals surface area contributed by atoms with Gasteiger partial charge in [0.1, 0.15) is 11.5 Å². The average Bonchev–Trinajstić information content (AvgIpc) is 2.43. The lowest BCUT2D eigenvalue weighted by atomic mass is 10.3. The summed E-state index contributed by atoms with van der Waals surface area (Å²) in [5, 5.41) is 3.06. The van der Waals surface area contributed by atoms with Gasteiger partial charge in [-0.1, -0.05) is 32.0 Å². The van der Waals surface area contributed by atoms with Crippen LogP contribution in [0.5, 0.6) is 11.5 Å². The second-order valence-corrected chi connectivity index (χ2v) is 3.19. The van der Waals surface area contributed by atoms with Crippen molar-refractivity contribution in [1.29, 1.82) is 0 Å². The number of para-hydroxylation sites is 1. The molecule has 2 aromatic carbocycles. The van der Waals surface area contributed by atoms with Gasteiger partial charge in [-0.25, -0.2) is 0 Å². The van der Waals surface area contributed by atoms with E-state index in [1.54, 1.807) is 0 Å². The Morgan fingerprint density at radius 3 is 1.82 bits per heavy atom. The van der Waals surface area contributed by atoms with Crippen molar-refractivity contribution in [2.75, 3.05) is 12.4 Å². The summed E-state index contributed by atoms with van der Waals surface area (Å²) in [6.07, 6.45) is 0. The van der Waals surface area contributed by atoms with Crippen LogP contribution < -0.4 is 10.1 Å². The predicted molar refractivity (Wildman–Crippen MR) is 73.9 cm³/mol. The molecule has 0 unspecified atom stereocenters. The Hall–Kier alpha value is -1.96. The normalized spacial score (nSPS) is 8.88. The number of anilines is 1. The van der Waals surface area contributed by atoms with Crippen molar-refractivity contribution in [2.45, 2.75) is 13.8 Å². The van der Waals surface area contributed by atoms with E-state index < -0.39 is 0 Å². The lowest BCUT2D eigenvalue weighted by Crippen LogP contribution is -1.87. The van der Waals surface area contributed by atoms with Gasteiger partial charge in [-0.2, -0.15) is 0 Å². The molecular formula is C15H19NO. The van der Waals surface area contributed by atoms with Crippen LogP contribution in [0, 0.1) is 0 Å². The molecule has 0 aromatic heterocycles. The summed E-state index contributed by atoms with van der Waals surface area (Å²) < 4.78 is 5.65. The first-order valence-electron chi connectivity index (χ1n) is 5.89. The van der Waals surface area contributed by atoms with Crippen LogP contribution in [0.25, 0.3) is 0 Å². The molecule has 0 amide bonds. The third-order valence-corrected chi connectivity index (χ3v) is 2.12. The van der Waals surface area contributed by atoms with Crippen LogP contribution in [0.4, 0.5) is 5.69 Å². The quantitative estimate of drug-likeness (QED) is 0.833. The van der Waals surface area contributed by atoms with Crippen LogP contribution in [0.2, 0.25) is 0 Å². The van der Waals surface area contributed by atoms with Crippen molar-refractivity contribution in [3.8, 4) is 11.5 Å². The van der Waals surface area contributed by atoms with Crippen LogP contribution >= 0.6 is 0 Å². The van der Waals surface area contributed by atoms with E-state index in [2.05, 4.69) is 5.32 Å². The van der Waals surface area contributed by atoms with Gasteiger partial charge in [-0.05, 0) is 36.4 Å². The Bertz CT molecular complexity index is 409. The van der Waals surface area contributed by atoms with Gasteiger partial charge in [0.2, 0.25) is 0 Å². The molecule has 17 heavy (non-hydrogen) atoms. The van der Waals surface area contributed by atoms with E-state index in [0.717, 1.165) is 17.2 Å². The summed E-state index contributed by atoms with van der Waals surface area (Å²) in [6, 6.07) is 17.6. The summed E-state index contributed by atoms with van der Waals surface area (Å²) in [6.45, 7) is 4.00. The molecule has 0 atom stereocenters. The van der Waals surface area contributed by atoms with Crippen molar-refractivity contribution in [3.05, 3.63) is 54.6 Å². The molecule has 0 heterocycles. The highest BCUT2D eigenvalue weighted by Crippen LogP contribution is 2.22. The van der Waals surface area contributed by atoms with Gasteiger partial charge in [0, 0.05) is 12.7 Å². The smallest absolute Gasteiger partial charge is 0.127 e. The topological polar surface area (TPSA) is 21.3 Å². The maximum Gasteiger partial charge on any atom is 0.127 e. The molecule has 0 aliphatic heterocycles. The number of ether oxygens (including phenoxy) is 1. The molecule has 0 saturated heterocycles. The predicted octanol–water partition coefficient (Wildman–Crippen LogP) is 4.55. The van der Waals surface area contributed by atoms with Gasteiger partial charge in [-0.15, -0.1) is 0 Å². The summed E-state index contributed by atoms with van der Waals surface area (Å²) in [4.78, 5) is 0. The van der Waals surface area contributed by atoms with Gasteiger partial charge in [0.25, 0.3) is 0 Å². The molecule has 0 aliphatic rings. The highest BCUT2D eigenvalue weighted by molar-refractivity contribution is 5.46. The molecule has 2 nitrogen and oxygen atoms in total. The fourth-order valence-corrected chi connectivity index (χ4v) is 1.31. The fraction of sp³-hybridized carbons (Fsp3) is 0.200. The van der Waals surface area contributed by atoms with E-state index in [4.69, 9.17) is 4.74 Å². The Labute approximate surface area is 103 Å². The third-order valence-electron chi connectivity index (χ3n) is 2.12. The SMILES string of the molecule is CC.CNc1ccc(Oc2ccccc2)cc1. The lowest BCUT2D eigenvalue weighted by Gasteiger charge is -2.06. The van der Waals surface area contributed by atoms with Crippen LogP contribution in [0.1, 0.15) is 13.8 Å².